The molecule has 0 aliphatic carbocycles. The third-order valence-electron chi connectivity index (χ3n) is 2.02. The predicted molar refractivity (Wildman–Crippen MR) is 49.5 cm³/mol. The standard InChI is InChI=1S/C10H9NO2/c12-10(13)6-8-5-7-3-1-2-4-9(7)11-8/h1-4H,5-6H2,(H,12,13). The number of para-hydroxylation sites is 1. The Morgan fingerprint density at radius 1 is 1.46 bits per heavy atom. The maximum atomic E-state index is 10.4. The summed E-state index contributed by atoms with van der Waals surface area (Å²) in [6.45, 7) is 0. The van der Waals surface area contributed by atoms with Crippen molar-refractivity contribution in [2.75, 3.05) is 0 Å². The van der Waals surface area contributed by atoms with Crippen LogP contribution < -0.4 is 0 Å². The Labute approximate surface area is 75.7 Å². The van der Waals surface area contributed by atoms with Gasteiger partial charge in [0.2, 0.25) is 0 Å². The fourth-order valence-corrected chi connectivity index (χ4v) is 1.48. The fourth-order valence-electron chi connectivity index (χ4n) is 1.48. The largest absolute Gasteiger partial charge is 0.481 e. The molecule has 0 unspecified atom stereocenters. The number of hydrogen-bond donors (Lipinski definition) is 1. The van der Waals surface area contributed by atoms with Gasteiger partial charge in [-0.1, -0.05) is 18.2 Å². The van der Waals surface area contributed by atoms with Gasteiger partial charge in [-0.2, -0.15) is 0 Å². The first-order chi connectivity index (χ1) is 6.25. The van der Waals surface area contributed by atoms with Crippen LogP contribution >= 0.6 is 0 Å². The molecule has 0 radical (unpaired) electrons. The second-order valence-corrected chi connectivity index (χ2v) is 3.05. The molecule has 0 saturated heterocycles. The van der Waals surface area contributed by atoms with Crippen molar-refractivity contribution < 1.29 is 9.90 Å². The molecular weight excluding hydrogens is 166 g/mol. The molecule has 66 valence electrons. The molecule has 1 aromatic carbocycles. The van der Waals surface area contributed by atoms with Gasteiger partial charge in [-0.05, 0) is 11.6 Å². The number of aliphatic carboxylic acids is 1. The topological polar surface area (TPSA) is 49.7 Å². The summed E-state index contributed by atoms with van der Waals surface area (Å²) >= 11 is 0. The van der Waals surface area contributed by atoms with E-state index in [4.69, 9.17) is 5.11 Å². The van der Waals surface area contributed by atoms with Crippen LogP contribution in [0.15, 0.2) is 29.3 Å². The highest BCUT2D eigenvalue weighted by atomic mass is 16.4. The zero-order valence-electron chi connectivity index (χ0n) is 7.03. The zero-order chi connectivity index (χ0) is 9.26. The number of carboxylic acid groups (broad SMARTS) is 1. The zero-order valence-corrected chi connectivity index (χ0v) is 7.03. The Hall–Kier alpha value is -1.64. The van der Waals surface area contributed by atoms with Gasteiger partial charge in [0.05, 0.1) is 12.1 Å². The van der Waals surface area contributed by atoms with E-state index < -0.39 is 5.97 Å². The van der Waals surface area contributed by atoms with Crippen molar-refractivity contribution in [3.05, 3.63) is 29.8 Å². The molecule has 2 rings (SSSR count). The molecule has 0 amide bonds. The maximum Gasteiger partial charge on any atom is 0.309 e. The van der Waals surface area contributed by atoms with Crippen molar-refractivity contribution in [1.29, 1.82) is 0 Å². The van der Waals surface area contributed by atoms with E-state index in [9.17, 15) is 4.79 Å². The number of carboxylic acids is 1. The summed E-state index contributed by atoms with van der Waals surface area (Å²) in [7, 11) is 0. The summed E-state index contributed by atoms with van der Waals surface area (Å²) in [6, 6.07) is 7.74. The Bertz CT molecular complexity index is 382. The lowest BCUT2D eigenvalue weighted by molar-refractivity contribution is -0.135. The predicted octanol–water partition coefficient (Wildman–Crippen LogP) is 1.79. The van der Waals surface area contributed by atoms with Crippen LogP contribution in [0.4, 0.5) is 5.69 Å². The second-order valence-electron chi connectivity index (χ2n) is 3.05. The number of nitrogens with zero attached hydrogens (tertiary/aromatic N) is 1. The smallest absolute Gasteiger partial charge is 0.309 e. The second kappa shape index (κ2) is 3.01. The van der Waals surface area contributed by atoms with E-state index in [2.05, 4.69) is 4.99 Å². The first kappa shape index (κ1) is 7.98. The first-order valence-electron chi connectivity index (χ1n) is 4.12. The maximum absolute atomic E-state index is 10.4. The Morgan fingerprint density at radius 3 is 2.92 bits per heavy atom. The number of rotatable bonds is 2. The van der Waals surface area contributed by atoms with Crippen LogP contribution in [-0.2, 0) is 11.2 Å². The van der Waals surface area contributed by atoms with Crippen molar-refractivity contribution in [3.63, 3.8) is 0 Å². The van der Waals surface area contributed by atoms with Crippen molar-refractivity contribution >= 4 is 17.4 Å². The van der Waals surface area contributed by atoms with Gasteiger partial charge in [0.25, 0.3) is 0 Å². The van der Waals surface area contributed by atoms with E-state index in [0.717, 1.165) is 17.0 Å². The van der Waals surface area contributed by atoms with Crippen LogP contribution in [0.25, 0.3) is 0 Å². The van der Waals surface area contributed by atoms with Gasteiger partial charge in [-0.3, -0.25) is 9.79 Å². The van der Waals surface area contributed by atoms with Crippen LogP contribution in [0.2, 0.25) is 0 Å². The van der Waals surface area contributed by atoms with E-state index >= 15 is 0 Å². The summed E-state index contributed by atoms with van der Waals surface area (Å²) in [4.78, 5) is 14.7. The highest BCUT2D eigenvalue weighted by Crippen LogP contribution is 2.26. The third-order valence-corrected chi connectivity index (χ3v) is 2.02. The van der Waals surface area contributed by atoms with Gasteiger partial charge >= 0.3 is 5.97 Å². The number of hydrogen-bond acceptors (Lipinski definition) is 2. The first-order valence-corrected chi connectivity index (χ1v) is 4.12. The van der Waals surface area contributed by atoms with Gasteiger partial charge in [-0.25, -0.2) is 0 Å². The molecule has 0 bridgehead atoms. The molecule has 3 heteroatoms. The molecule has 1 N–H and O–H groups in total. The minimum atomic E-state index is -0.813. The van der Waals surface area contributed by atoms with Crippen molar-refractivity contribution in [2.45, 2.75) is 12.8 Å². The van der Waals surface area contributed by atoms with Crippen LogP contribution in [-0.4, -0.2) is 16.8 Å². The summed E-state index contributed by atoms with van der Waals surface area (Å²) < 4.78 is 0. The number of benzene rings is 1. The normalized spacial score (nSPS) is 13.7. The SMILES string of the molecule is O=C(O)CC1=Nc2ccccc2C1. The summed E-state index contributed by atoms with van der Waals surface area (Å²) in [5, 5.41) is 8.57. The Kier molecular flexibility index (Phi) is 1.85. The average Bonchev–Trinajstić information content (AvgIpc) is 2.44. The van der Waals surface area contributed by atoms with Gasteiger partial charge in [0.15, 0.2) is 0 Å². The van der Waals surface area contributed by atoms with E-state index in [-0.39, 0.29) is 6.42 Å². The molecule has 0 saturated carbocycles. The number of aliphatic imine (C=N–C) groups is 1. The van der Waals surface area contributed by atoms with Crippen molar-refractivity contribution in [2.24, 2.45) is 4.99 Å². The summed E-state index contributed by atoms with van der Waals surface area (Å²) in [5.41, 5.74) is 2.78. The fraction of sp³-hybridized carbons (Fsp3) is 0.200. The molecule has 3 nitrogen and oxygen atoms in total. The van der Waals surface area contributed by atoms with E-state index in [1.54, 1.807) is 0 Å². The van der Waals surface area contributed by atoms with Crippen molar-refractivity contribution in [1.82, 2.24) is 0 Å². The van der Waals surface area contributed by atoms with Gasteiger partial charge in [0, 0.05) is 12.1 Å². The van der Waals surface area contributed by atoms with E-state index in [1.165, 1.54) is 0 Å². The van der Waals surface area contributed by atoms with E-state index in [0.29, 0.717) is 6.42 Å². The lowest BCUT2D eigenvalue weighted by Crippen LogP contribution is -2.06. The number of carbonyl (C=O) groups is 1. The van der Waals surface area contributed by atoms with Crippen molar-refractivity contribution in [3.8, 4) is 0 Å². The quantitative estimate of drug-likeness (QED) is 0.744. The molecule has 1 aliphatic heterocycles. The van der Waals surface area contributed by atoms with Crippen LogP contribution in [0.3, 0.4) is 0 Å². The average molecular weight is 175 g/mol. The van der Waals surface area contributed by atoms with Crippen LogP contribution in [0.5, 0.6) is 0 Å². The van der Waals surface area contributed by atoms with Crippen LogP contribution in [0.1, 0.15) is 12.0 Å². The molecule has 13 heavy (non-hydrogen) atoms. The Balaban J connectivity index is 2.21. The molecular formula is C10H9NO2. The molecule has 1 heterocycles. The minimum absolute atomic E-state index is 0.0503. The molecule has 1 aliphatic rings. The molecule has 1 aromatic rings. The third kappa shape index (κ3) is 1.59. The monoisotopic (exact) mass is 175 g/mol. The molecule has 0 atom stereocenters. The van der Waals surface area contributed by atoms with Gasteiger partial charge in [-0.15, -0.1) is 0 Å². The van der Waals surface area contributed by atoms with Gasteiger partial charge in [0.1, 0.15) is 0 Å². The summed E-state index contributed by atoms with van der Waals surface area (Å²) in [5.74, 6) is -0.813. The molecule has 0 aromatic heterocycles. The Morgan fingerprint density at radius 2 is 2.23 bits per heavy atom. The molecule has 0 spiro atoms. The lowest BCUT2D eigenvalue weighted by atomic mass is 10.1. The van der Waals surface area contributed by atoms with E-state index in [1.807, 2.05) is 24.3 Å². The highest BCUT2D eigenvalue weighted by Gasteiger charge is 2.15. The van der Waals surface area contributed by atoms with Gasteiger partial charge < -0.3 is 5.11 Å². The lowest BCUT2D eigenvalue weighted by Gasteiger charge is -1.93. The number of fused-ring (bicyclic) bond motifs is 1. The van der Waals surface area contributed by atoms with Crippen LogP contribution in [0, 0.1) is 0 Å². The summed E-state index contributed by atoms with van der Waals surface area (Å²) in [6.07, 6.45) is 0.733. The molecule has 0 fully saturated rings. The minimum Gasteiger partial charge on any atom is -0.481 e. The highest BCUT2D eigenvalue weighted by molar-refractivity contribution is 6.03.